The first-order chi connectivity index (χ1) is 7.74. The lowest BCUT2D eigenvalue weighted by molar-refractivity contribution is 0.248. The number of nitrogens with two attached hydrogens (primary N) is 1. The predicted molar refractivity (Wildman–Crippen MR) is 66.6 cm³/mol. The minimum atomic E-state index is 0.327. The number of hydrogen-bond acceptors (Lipinski definition) is 3. The molecule has 4 N–H and O–H groups in total. The fraction of sp³-hybridized carbons (Fsp3) is 0.917. The molecule has 0 radical (unpaired) electrons. The lowest BCUT2D eigenvalue weighted by Crippen LogP contribution is -2.30. The van der Waals surface area contributed by atoms with Gasteiger partial charge in [-0.15, -0.1) is 0 Å². The monoisotopic (exact) mass is 227 g/mol. The Morgan fingerprint density at radius 2 is 2.19 bits per heavy atom. The van der Waals surface area contributed by atoms with Gasteiger partial charge in [0.15, 0.2) is 0 Å². The number of hydrogen-bond donors (Lipinski definition) is 3. The molecule has 1 aliphatic rings. The highest BCUT2D eigenvalue weighted by Gasteiger charge is 2.20. The molecule has 1 saturated carbocycles. The topological polar surface area (TPSA) is 70.6 Å². The van der Waals surface area contributed by atoms with Gasteiger partial charge < -0.3 is 16.3 Å². The van der Waals surface area contributed by atoms with Crippen LogP contribution in [0.1, 0.15) is 45.4 Å². The van der Waals surface area contributed by atoms with Crippen molar-refractivity contribution >= 4 is 5.84 Å². The van der Waals surface area contributed by atoms with Crippen LogP contribution in [0.25, 0.3) is 0 Å². The largest absolute Gasteiger partial charge is 0.409 e. The molecule has 2 atom stereocenters. The quantitative estimate of drug-likeness (QED) is 0.213. The molecule has 0 bridgehead atoms. The van der Waals surface area contributed by atoms with Crippen molar-refractivity contribution < 1.29 is 5.21 Å². The van der Waals surface area contributed by atoms with Gasteiger partial charge in [0.1, 0.15) is 5.84 Å². The van der Waals surface area contributed by atoms with Crippen LogP contribution in [0.3, 0.4) is 0 Å². The molecule has 0 aromatic rings. The van der Waals surface area contributed by atoms with Gasteiger partial charge in [0, 0.05) is 6.42 Å². The lowest BCUT2D eigenvalue weighted by atomic mass is 9.80. The van der Waals surface area contributed by atoms with Crippen molar-refractivity contribution in [1.82, 2.24) is 5.32 Å². The van der Waals surface area contributed by atoms with Gasteiger partial charge in [-0.25, -0.2) is 0 Å². The smallest absolute Gasteiger partial charge is 0.139 e. The Hall–Kier alpha value is -0.770. The van der Waals surface area contributed by atoms with E-state index in [0.717, 1.165) is 31.3 Å². The van der Waals surface area contributed by atoms with Gasteiger partial charge >= 0.3 is 0 Å². The molecule has 2 unspecified atom stereocenters. The summed E-state index contributed by atoms with van der Waals surface area (Å²) in [6.45, 7) is 4.44. The van der Waals surface area contributed by atoms with E-state index < -0.39 is 0 Å². The summed E-state index contributed by atoms with van der Waals surface area (Å²) in [5, 5.41) is 14.8. The van der Waals surface area contributed by atoms with E-state index in [1.54, 1.807) is 0 Å². The number of nitrogens with one attached hydrogen (secondary N) is 1. The van der Waals surface area contributed by atoms with E-state index in [4.69, 9.17) is 10.9 Å². The first-order valence-corrected chi connectivity index (χ1v) is 6.41. The molecule has 0 aliphatic heterocycles. The Labute approximate surface area is 98.3 Å². The highest BCUT2D eigenvalue weighted by atomic mass is 16.4. The molecular weight excluding hydrogens is 202 g/mol. The zero-order valence-corrected chi connectivity index (χ0v) is 10.3. The third-order valence-corrected chi connectivity index (χ3v) is 3.61. The summed E-state index contributed by atoms with van der Waals surface area (Å²) in [4.78, 5) is 0. The number of oxime groups is 1. The van der Waals surface area contributed by atoms with Crippen LogP contribution in [0.2, 0.25) is 0 Å². The maximum Gasteiger partial charge on any atom is 0.139 e. The molecule has 94 valence electrons. The molecule has 16 heavy (non-hydrogen) atoms. The first kappa shape index (κ1) is 13.3. The van der Waals surface area contributed by atoms with Gasteiger partial charge in [0.05, 0.1) is 0 Å². The van der Waals surface area contributed by atoms with Gasteiger partial charge in [0.2, 0.25) is 0 Å². The van der Waals surface area contributed by atoms with E-state index in [1.807, 2.05) is 0 Å². The van der Waals surface area contributed by atoms with Crippen LogP contribution in [0, 0.1) is 11.8 Å². The normalized spacial score (nSPS) is 26.9. The second-order valence-corrected chi connectivity index (χ2v) is 4.92. The molecular formula is C12H25N3O. The standard InChI is InChI=1S/C12H25N3O/c1-10-5-2-3-6-11(10)9-14-8-4-7-12(13)15-16/h10-11,14,16H,2-9H2,1H3,(H2,13,15). The van der Waals surface area contributed by atoms with E-state index in [0.29, 0.717) is 12.3 Å². The molecule has 4 nitrogen and oxygen atoms in total. The second kappa shape index (κ2) is 7.49. The Morgan fingerprint density at radius 3 is 2.88 bits per heavy atom. The van der Waals surface area contributed by atoms with E-state index in [9.17, 15) is 0 Å². The summed E-state index contributed by atoms with van der Waals surface area (Å²) >= 11 is 0. The van der Waals surface area contributed by atoms with Crippen molar-refractivity contribution in [2.45, 2.75) is 45.4 Å². The Kier molecular flexibility index (Phi) is 6.23. The van der Waals surface area contributed by atoms with Crippen molar-refractivity contribution in [2.75, 3.05) is 13.1 Å². The van der Waals surface area contributed by atoms with E-state index in [2.05, 4.69) is 17.4 Å². The Balaban J connectivity index is 2.02. The average molecular weight is 227 g/mol. The molecule has 0 saturated heterocycles. The molecule has 0 aromatic heterocycles. The van der Waals surface area contributed by atoms with Crippen LogP contribution in [-0.4, -0.2) is 24.1 Å². The van der Waals surface area contributed by atoms with Crippen LogP contribution in [0.5, 0.6) is 0 Å². The maximum absolute atomic E-state index is 8.37. The third-order valence-electron chi connectivity index (χ3n) is 3.61. The van der Waals surface area contributed by atoms with E-state index in [-0.39, 0.29) is 0 Å². The molecule has 4 heteroatoms. The van der Waals surface area contributed by atoms with E-state index in [1.165, 1.54) is 25.7 Å². The van der Waals surface area contributed by atoms with Gasteiger partial charge in [-0.1, -0.05) is 31.3 Å². The van der Waals surface area contributed by atoms with Crippen LogP contribution in [0.15, 0.2) is 5.16 Å². The summed E-state index contributed by atoms with van der Waals surface area (Å²) in [7, 11) is 0. The van der Waals surface area contributed by atoms with Gasteiger partial charge in [0.25, 0.3) is 0 Å². The highest BCUT2D eigenvalue weighted by Crippen LogP contribution is 2.28. The van der Waals surface area contributed by atoms with Gasteiger partial charge in [-0.3, -0.25) is 0 Å². The minimum Gasteiger partial charge on any atom is -0.409 e. The molecule has 0 aromatic carbocycles. The summed E-state index contributed by atoms with van der Waals surface area (Å²) < 4.78 is 0. The number of rotatable bonds is 6. The van der Waals surface area contributed by atoms with Gasteiger partial charge in [-0.05, 0) is 37.8 Å². The molecule has 0 heterocycles. The fourth-order valence-corrected chi connectivity index (χ4v) is 2.43. The van der Waals surface area contributed by atoms with Crippen LogP contribution >= 0.6 is 0 Å². The lowest BCUT2D eigenvalue weighted by Gasteiger charge is -2.28. The average Bonchev–Trinajstić information content (AvgIpc) is 2.30. The molecule has 0 amide bonds. The van der Waals surface area contributed by atoms with Crippen LogP contribution in [-0.2, 0) is 0 Å². The van der Waals surface area contributed by atoms with E-state index >= 15 is 0 Å². The minimum absolute atomic E-state index is 0.327. The molecule has 1 rings (SSSR count). The summed E-state index contributed by atoms with van der Waals surface area (Å²) in [6.07, 6.45) is 7.16. The Morgan fingerprint density at radius 1 is 1.44 bits per heavy atom. The number of amidine groups is 1. The summed E-state index contributed by atoms with van der Waals surface area (Å²) in [5.74, 6) is 2.04. The van der Waals surface area contributed by atoms with Crippen molar-refractivity contribution in [3.8, 4) is 0 Å². The van der Waals surface area contributed by atoms with Gasteiger partial charge in [-0.2, -0.15) is 0 Å². The molecule has 1 aliphatic carbocycles. The summed E-state index contributed by atoms with van der Waals surface area (Å²) in [6, 6.07) is 0. The SMILES string of the molecule is CC1CCCCC1CNCCCC(N)=NO. The number of nitrogens with zero attached hydrogens (tertiary/aromatic N) is 1. The maximum atomic E-state index is 8.37. The van der Waals surface area contributed by atoms with Crippen molar-refractivity contribution in [3.63, 3.8) is 0 Å². The van der Waals surface area contributed by atoms with Crippen LogP contribution in [0.4, 0.5) is 0 Å². The van der Waals surface area contributed by atoms with Crippen molar-refractivity contribution in [1.29, 1.82) is 0 Å². The predicted octanol–water partition coefficient (Wildman–Crippen LogP) is 1.93. The van der Waals surface area contributed by atoms with Crippen molar-refractivity contribution in [3.05, 3.63) is 0 Å². The fourth-order valence-electron chi connectivity index (χ4n) is 2.43. The highest BCUT2D eigenvalue weighted by molar-refractivity contribution is 5.79. The summed E-state index contributed by atoms with van der Waals surface area (Å²) in [5.41, 5.74) is 5.39. The zero-order chi connectivity index (χ0) is 11.8. The second-order valence-electron chi connectivity index (χ2n) is 4.92. The van der Waals surface area contributed by atoms with Crippen molar-refractivity contribution in [2.24, 2.45) is 22.7 Å². The third kappa shape index (κ3) is 4.84. The zero-order valence-electron chi connectivity index (χ0n) is 10.3. The Bertz CT molecular complexity index is 218. The van der Waals surface area contributed by atoms with Crippen LogP contribution < -0.4 is 11.1 Å². The first-order valence-electron chi connectivity index (χ1n) is 6.41. The molecule has 0 spiro atoms. The molecule has 1 fully saturated rings.